The maximum Gasteiger partial charge on any atom is 0.152 e. The lowest BCUT2D eigenvalue weighted by Crippen LogP contribution is -2.20. The maximum absolute atomic E-state index is 9.46. The standard InChI is InChI=1S/C30H25N9/c1-30(2,25-10-3-4-13-35-25)36-18-24(39-33)28-29(32)38-27(21-8-5-7-19(15-21)17-31)26(37-28)22-11-12-23-20(16-22)9-6-14-34-23/h3-16,18H,33H2,1-2H3,(H2,32,38)/b36-18?,39-24+. The topological polar surface area (TPSA) is 152 Å². The van der Waals surface area contributed by atoms with Gasteiger partial charge in [0.15, 0.2) is 5.82 Å². The zero-order valence-electron chi connectivity index (χ0n) is 21.4. The van der Waals surface area contributed by atoms with Crippen LogP contribution in [0.15, 0.2) is 95.3 Å². The van der Waals surface area contributed by atoms with Crippen molar-refractivity contribution in [3.8, 4) is 28.6 Å². The molecule has 0 bridgehead atoms. The zero-order valence-corrected chi connectivity index (χ0v) is 21.4. The Labute approximate surface area is 225 Å². The average molecular weight is 512 g/mol. The van der Waals surface area contributed by atoms with Crippen LogP contribution in [-0.4, -0.2) is 31.9 Å². The second kappa shape index (κ2) is 10.5. The Bertz CT molecular complexity index is 1770. The van der Waals surface area contributed by atoms with Crippen LogP contribution in [0.5, 0.6) is 0 Å². The molecule has 0 atom stereocenters. The van der Waals surface area contributed by atoms with Gasteiger partial charge >= 0.3 is 0 Å². The third-order valence-corrected chi connectivity index (χ3v) is 6.25. The van der Waals surface area contributed by atoms with Gasteiger partial charge in [0.25, 0.3) is 0 Å². The number of nitrogens with zero attached hydrogens (tertiary/aromatic N) is 7. The molecule has 9 nitrogen and oxygen atoms in total. The van der Waals surface area contributed by atoms with E-state index in [2.05, 4.69) is 21.1 Å². The summed E-state index contributed by atoms with van der Waals surface area (Å²) in [6, 6.07) is 24.7. The number of pyridine rings is 2. The lowest BCUT2D eigenvalue weighted by atomic mass is 10.00. The highest BCUT2D eigenvalue weighted by molar-refractivity contribution is 6.38. The van der Waals surface area contributed by atoms with Crippen LogP contribution in [0.25, 0.3) is 33.4 Å². The summed E-state index contributed by atoms with van der Waals surface area (Å²) in [5.41, 5.74) is 11.1. The van der Waals surface area contributed by atoms with E-state index in [0.717, 1.165) is 22.2 Å². The van der Waals surface area contributed by atoms with Gasteiger partial charge in [-0.1, -0.05) is 30.3 Å². The van der Waals surface area contributed by atoms with Gasteiger partial charge in [-0.05, 0) is 56.3 Å². The van der Waals surface area contributed by atoms with Crippen LogP contribution in [0.4, 0.5) is 5.82 Å². The Morgan fingerprint density at radius 3 is 2.46 bits per heavy atom. The van der Waals surface area contributed by atoms with E-state index in [-0.39, 0.29) is 11.5 Å². The smallest absolute Gasteiger partial charge is 0.152 e. The first-order valence-electron chi connectivity index (χ1n) is 12.2. The van der Waals surface area contributed by atoms with Crippen molar-refractivity contribution in [2.75, 3.05) is 5.73 Å². The van der Waals surface area contributed by atoms with E-state index in [4.69, 9.17) is 26.5 Å². The molecule has 190 valence electrons. The number of hydrazone groups is 1. The second-order valence-electron chi connectivity index (χ2n) is 9.30. The normalized spacial score (nSPS) is 12.1. The Balaban J connectivity index is 1.66. The number of fused-ring (bicyclic) bond motifs is 1. The highest BCUT2D eigenvalue weighted by atomic mass is 15.1. The third kappa shape index (κ3) is 5.17. The first-order chi connectivity index (χ1) is 18.9. The molecule has 4 N–H and O–H groups in total. The van der Waals surface area contributed by atoms with Crippen molar-refractivity contribution in [1.82, 2.24) is 19.9 Å². The van der Waals surface area contributed by atoms with Crippen LogP contribution < -0.4 is 11.6 Å². The Morgan fingerprint density at radius 1 is 0.897 bits per heavy atom. The molecular weight excluding hydrogens is 486 g/mol. The Morgan fingerprint density at radius 2 is 1.69 bits per heavy atom. The third-order valence-electron chi connectivity index (χ3n) is 6.25. The van der Waals surface area contributed by atoms with Crippen molar-refractivity contribution in [3.63, 3.8) is 0 Å². The average Bonchev–Trinajstić information content (AvgIpc) is 2.98. The first-order valence-corrected chi connectivity index (χ1v) is 12.2. The molecule has 0 saturated carbocycles. The monoisotopic (exact) mass is 511 g/mol. The molecule has 39 heavy (non-hydrogen) atoms. The Hall–Kier alpha value is -5.49. The molecule has 0 spiro atoms. The molecule has 0 amide bonds. The number of nitrogens with two attached hydrogens (primary N) is 2. The summed E-state index contributed by atoms with van der Waals surface area (Å²) in [7, 11) is 0. The molecule has 0 aliphatic heterocycles. The minimum atomic E-state index is -0.648. The van der Waals surface area contributed by atoms with Crippen LogP contribution in [0.2, 0.25) is 0 Å². The van der Waals surface area contributed by atoms with Crippen LogP contribution in [0, 0.1) is 11.3 Å². The van der Waals surface area contributed by atoms with Crippen LogP contribution in [0.1, 0.15) is 30.8 Å². The molecule has 0 radical (unpaired) electrons. The molecular formula is C30H25N9. The summed E-state index contributed by atoms with van der Waals surface area (Å²) < 4.78 is 0. The molecule has 3 heterocycles. The van der Waals surface area contributed by atoms with Crippen LogP contribution >= 0.6 is 0 Å². The van der Waals surface area contributed by atoms with Gasteiger partial charge in [-0.2, -0.15) is 10.4 Å². The van der Waals surface area contributed by atoms with E-state index in [9.17, 15) is 5.26 Å². The first kappa shape index (κ1) is 25.2. The van der Waals surface area contributed by atoms with Crippen molar-refractivity contribution in [3.05, 3.63) is 102 Å². The second-order valence-corrected chi connectivity index (χ2v) is 9.30. The van der Waals surface area contributed by atoms with E-state index in [1.165, 1.54) is 0 Å². The fraction of sp³-hybridized carbons (Fsp3) is 0.100. The summed E-state index contributed by atoms with van der Waals surface area (Å²) in [5.74, 6) is 5.93. The summed E-state index contributed by atoms with van der Waals surface area (Å²) in [4.78, 5) is 23.2. The lowest BCUT2D eigenvalue weighted by Gasteiger charge is -2.19. The van der Waals surface area contributed by atoms with Crippen molar-refractivity contribution in [2.24, 2.45) is 15.9 Å². The van der Waals surface area contributed by atoms with E-state index in [0.29, 0.717) is 28.2 Å². The number of hydrogen-bond donors (Lipinski definition) is 2. The molecule has 9 heteroatoms. The van der Waals surface area contributed by atoms with Gasteiger partial charge < -0.3 is 11.6 Å². The predicted molar refractivity (Wildman–Crippen MR) is 154 cm³/mol. The maximum atomic E-state index is 9.46. The van der Waals surface area contributed by atoms with Crippen LogP contribution in [0.3, 0.4) is 0 Å². The fourth-order valence-corrected chi connectivity index (χ4v) is 4.17. The molecule has 0 saturated heterocycles. The van der Waals surface area contributed by atoms with Crippen molar-refractivity contribution >= 4 is 28.6 Å². The van der Waals surface area contributed by atoms with E-state index in [1.54, 1.807) is 36.8 Å². The lowest BCUT2D eigenvalue weighted by molar-refractivity contribution is 0.542. The van der Waals surface area contributed by atoms with Gasteiger partial charge in [0.05, 0.1) is 46.0 Å². The fourth-order valence-electron chi connectivity index (χ4n) is 4.17. The van der Waals surface area contributed by atoms with Crippen LogP contribution in [-0.2, 0) is 5.54 Å². The molecule has 5 rings (SSSR count). The van der Waals surface area contributed by atoms with Gasteiger partial charge in [-0.15, -0.1) is 0 Å². The summed E-state index contributed by atoms with van der Waals surface area (Å²) in [6.45, 7) is 3.88. The number of nitriles is 1. The minimum Gasteiger partial charge on any atom is -0.382 e. The predicted octanol–water partition coefficient (Wildman–Crippen LogP) is 4.88. The Kier molecular flexibility index (Phi) is 6.76. The van der Waals surface area contributed by atoms with Crippen molar-refractivity contribution in [1.29, 1.82) is 5.26 Å². The number of aromatic nitrogens is 4. The number of rotatable bonds is 6. The van der Waals surface area contributed by atoms with Gasteiger partial charge in [0, 0.05) is 28.9 Å². The highest BCUT2D eigenvalue weighted by Gasteiger charge is 2.22. The molecule has 0 aliphatic carbocycles. The molecule has 0 fully saturated rings. The van der Waals surface area contributed by atoms with Crippen molar-refractivity contribution < 1.29 is 0 Å². The molecule has 3 aromatic heterocycles. The minimum absolute atomic E-state index is 0.129. The van der Waals surface area contributed by atoms with E-state index in [1.807, 2.05) is 68.4 Å². The highest BCUT2D eigenvalue weighted by Crippen LogP contribution is 2.33. The SMILES string of the molecule is CC(C)(N=C/C(=N\N)c1nc(-c2ccc3ncccc3c2)c(-c2cccc(C#N)c2)nc1N)c1ccccn1. The summed E-state index contributed by atoms with van der Waals surface area (Å²) in [6.07, 6.45) is 5.01. The molecule has 0 aliphatic rings. The number of anilines is 1. The summed E-state index contributed by atoms with van der Waals surface area (Å²) in [5, 5.41) is 14.3. The van der Waals surface area contributed by atoms with E-state index < -0.39 is 5.54 Å². The van der Waals surface area contributed by atoms with Gasteiger partial charge in [-0.25, -0.2) is 9.97 Å². The van der Waals surface area contributed by atoms with Gasteiger partial charge in [-0.3, -0.25) is 15.0 Å². The zero-order chi connectivity index (χ0) is 27.4. The molecule has 5 aromatic rings. The molecule has 0 unspecified atom stereocenters. The summed E-state index contributed by atoms with van der Waals surface area (Å²) >= 11 is 0. The largest absolute Gasteiger partial charge is 0.382 e. The van der Waals surface area contributed by atoms with Gasteiger partial charge in [0.1, 0.15) is 11.4 Å². The van der Waals surface area contributed by atoms with Gasteiger partial charge in [0.2, 0.25) is 0 Å². The number of benzene rings is 2. The quantitative estimate of drug-likeness (QED) is 0.187. The molecule has 2 aromatic carbocycles. The number of aliphatic imine (C=N–C) groups is 1. The number of hydrogen-bond acceptors (Lipinski definition) is 9. The van der Waals surface area contributed by atoms with E-state index >= 15 is 0 Å². The van der Waals surface area contributed by atoms with Crippen molar-refractivity contribution in [2.45, 2.75) is 19.4 Å². The number of nitrogen functional groups attached to an aromatic ring is 1.